The Labute approximate surface area is 289 Å². The molecule has 51 heavy (non-hydrogen) atoms. The van der Waals surface area contributed by atoms with Gasteiger partial charge in [0.2, 0.25) is 11.8 Å². The summed E-state index contributed by atoms with van der Waals surface area (Å²) in [6, 6.07) is -3.30. The van der Waals surface area contributed by atoms with Crippen LogP contribution < -0.4 is 10.6 Å². The normalized spacial score (nSPS) is 41.2. The van der Waals surface area contributed by atoms with Crippen molar-refractivity contribution in [1.29, 1.82) is 0 Å². The molecule has 0 saturated carbocycles. The van der Waals surface area contributed by atoms with E-state index in [-0.39, 0.29) is 6.29 Å². The zero-order valence-corrected chi connectivity index (χ0v) is 27.4. The van der Waals surface area contributed by atoms with E-state index in [1.807, 2.05) is 0 Å². The predicted octanol–water partition coefficient (Wildman–Crippen LogP) is -9.62. The van der Waals surface area contributed by atoms with Crippen LogP contribution in [-0.4, -0.2) is 222 Å². The standard InChI is InChI=1S/C28H48N2O21/c1-8(35)29-10(3-31)24(50-27-22(44)20(42)17(39)12(4-32)47-27)16(38)11(37)7-46-26-15(30-9(2)36)19(41)25(14(6-34)49-26)51-28-23(45)21(43)18(40)13(5-33)48-28/h3,10-28,32-34,37-45H,4-7H2,1-2H3,(H,29,35)(H,30,36)/t10?,11-,12-,13-,14-,15-,16+,17+,18?,19-,20+,21?,22-,23-,24-,25?,26-,27+,28+/m1/s1. The van der Waals surface area contributed by atoms with Gasteiger partial charge in [-0.15, -0.1) is 0 Å². The Morgan fingerprint density at radius 3 is 1.71 bits per heavy atom. The minimum atomic E-state index is -2.19. The molecule has 0 aromatic carbocycles. The molecule has 3 saturated heterocycles. The van der Waals surface area contributed by atoms with Gasteiger partial charge in [0.05, 0.1) is 26.4 Å². The van der Waals surface area contributed by atoms with Crippen molar-refractivity contribution >= 4 is 18.1 Å². The second-order valence-electron chi connectivity index (χ2n) is 12.3. The highest BCUT2D eigenvalue weighted by Gasteiger charge is 2.52. The number of aldehydes is 1. The van der Waals surface area contributed by atoms with Crippen molar-refractivity contribution in [2.24, 2.45) is 0 Å². The number of carbonyl (C=O) groups excluding carboxylic acids is 3. The Morgan fingerprint density at radius 1 is 0.706 bits per heavy atom. The van der Waals surface area contributed by atoms with Crippen LogP contribution in [0.25, 0.3) is 0 Å². The molecule has 0 aliphatic carbocycles. The van der Waals surface area contributed by atoms with E-state index in [9.17, 15) is 75.7 Å². The lowest BCUT2D eigenvalue weighted by Gasteiger charge is -2.47. The molecule has 14 N–H and O–H groups in total. The van der Waals surface area contributed by atoms with Gasteiger partial charge >= 0.3 is 0 Å². The third kappa shape index (κ3) is 10.3. The van der Waals surface area contributed by atoms with Gasteiger partial charge in [-0.1, -0.05) is 0 Å². The Kier molecular flexibility index (Phi) is 16.4. The lowest BCUT2D eigenvalue weighted by atomic mass is 9.95. The highest BCUT2D eigenvalue weighted by Crippen LogP contribution is 2.30. The van der Waals surface area contributed by atoms with Gasteiger partial charge in [0.1, 0.15) is 104 Å². The van der Waals surface area contributed by atoms with Crippen molar-refractivity contribution in [2.45, 2.75) is 130 Å². The van der Waals surface area contributed by atoms with Crippen molar-refractivity contribution in [1.82, 2.24) is 10.6 Å². The Balaban J connectivity index is 1.79. The molecule has 3 aliphatic heterocycles. The summed E-state index contributed by atoms with van der Waals surface area (Å²) in [4.78, 5) is 35.8. The molecule has 2 amide bonds. The highest BCUT2D eigenvalue weighted by molar-refractivity contribution is 5.77. The molecule has 3 rings (SSSR count). The van der Waals surface area contributed by atoms with Gasteiger partial charge in [0, 0.05) is 13.8 Å². The van der Waals surface area contributed by atoms with Crippen molar-refractivity contribution in [3.8, 4) is 0 Å². The molecule has 3 fully saturated rings. The number of nitrogens with one attached hydrogen (secondary N) is 2. The second kappa shape index (κ2) is 19.3. The zero-order valence-electron chi connectivity index (χ0n) is 27.4. The van der Waals surface area contributed by atoms with Crippen LogP contribution in [0.2, 0.25) is 0 Å². The first-order valence-electron chi connectivity index (χ1n) is 15.8. The van der Waals surface area contributed by atoms with Crippen LogP contribution in [0.15, 0.2) is 0 Å². The van der Waals surface area contributed by atoms with Gasteiger partial charge < -0.3 is 105 Å². The summed E-state index contributed by atoms with van der Waals surface area (Å²) < 4.78 is 32.9. The Hall–Kier alpha value is -2.11. The van der Waals surface area contributed by atoms with E-state index in [2.05, 4.69) is 10.6 Å². The third-order valence-electron chi connectivity index (χ3n) is 8.53. The zero-order chi connectivity index (χ0) is 38.3. The minimum absolute atomic E-state index is 0.113. The molecule has 23 nitrogen and oxygen atoms in total. The number of aliphatic hydroxyl groups is 12. The van der Waals surface area contributed by atoms with E-state index in [1.54, 1.807) is 0 Å². The maximum Gasteiger partial charge on any atom is 0.217 e. The average molecular weight is 749 g/mol. The third-order valence-corrected chi connectivity index (χ3v) is 8.53. The van der Waals surface area contributed by atoms with E-state index >= 15 is 0 Å². The Morgan fingerprint density at radius 2 is 1.22 bits per heavy atom. The molecule has 0 aromatic rings. The van der Waals surface area contributed by atoms with Gasteiger partial charge in [-0.2, -0.15) is 0 Å². The van der Waals surface area contributed by atoms with Gasteiger partial charge in [-0.25, -0.2) is 0 Å². The fraction of sp³-hybridized carbons (Fsp3) is 0.893. The van der Waals surface area contributed by atoms with Crippen molar-refractivity contribution < 1.29 is 104 Å². The number of carbonyl (C=O) groups is 3. The van der Waals surface area contributed by atoms with Gasteiger partial charge in [-0.3, -0.25) is 9.59 Å². The molecule has 0 spiro atoms. The van der Waals surface area contributed by atoms with Crippen LogP contribution in [0.1, 0.15) is 13.8 Å². The van der Waals surface area contributed by atoms with Crippen molar-refractivity contribution in [3.05, 3.63) is 0 Å². The van der Waals surface area contributed by atoms with Crippen LogP contribution >= 0.6 is 0 Å². The van der Waals surface area contributed by atoms with Crippen LogP contribution in [0.4, 0.5) is 0 Å². The van der Waals surface area contributed by atoms with E-state index in [1.165, 1.54) is 0 Å². The van der Waals surface area contributed by atoms with Crippen molar-refractivity contribution in [2.75, 3.05) is 26.4 Å². The number of hydrogen-bond acceptors (Lipinski definition) is 21. The largest absolute Gasteiger partial charge is 0.394 e. The predicted molar refractivity (Wildman–Crippen MR) is 158 cm³/mol. The second-order valence-corrected chi connectivity index (χ2v) is 12.3. The summed E-state index contributed by atoms with van der Waals surface area (Å²) in [6.07, 6.45) is -30.7. The lowest BCUT2D eigenvalue weighted by molar-refractivity contribution is -0.349. The smallest absolute Gasteiger partial charge is 0.217 e. The molecule has 4 unspecified atom stereocenters. The molecular weight excluding hydrogens is 700 g/mol. The SMILES string of the molecule is CC(=O)NC(C=O)[C@@H](O[C@@H]1O[C@H](CO)[C@H](O)[C@H](O)[C@H]1O)[C@@H](O)[C@H](O)CO[C@@H]1O[C@H](CO)C(O[C@@H]2O[C@H](CO)C(O)C(O)[C@H]2O)[C@H](O)[C@H]1NC(C)=O. The molecular formula is C28H48N2O21. The maximum absolute atomic E-state index is 12.1. The van der Waals surface area contributed by atoms with E-state index in [4.69, 9.17) is 28.4 Å². The van der Waals surface area contributed by atoms with E-state index in [0.717, 1.165) is 13.8 Å². The summed E-state index contributed by atoms with van der Waals surface area (Å²) in [5, 5.41) is 128. The van der Waals surface area contributed by atoms with Crippen LogP contribution in [0.3, 0.4) is 0 Å². The average Bonchev–Trinajstić information content (AvgIpc) is 3.09. The van der Waals surface area contributed by atoms with Gasteiger partial charge in [-0.05, 0) is 0 Å². The number of rotatable bonds is 16. The first-order chi connectivity index (χ1) is 24.0. The van der Waals surface area contributed by atoms with Gasteiger partial charge in [0.25, 0.3) is 0 Å². The van der Waals surface area contributed by atoms with Crippen LogP contribution in [0.5, 0.6) is 0 Å². The van der Waals surface area contributed by atoms with E-state index < -0.39 is 155 Å². The first kappa shape index (κ1) is 43.3. The summed E-state index contributed by atoms with van der Waals surface area (Å²) in [5.41, 5.74) is 0. The molecule has 0 bridgehead atoms. The van der Waals surface area contributed by atoms with Crippen LogP contribution in [-0.2, 0) is 42.8 Å². The fourth-order valence-corrected chi connectivity index (χ4v) is 5.75. The maximum atomic E-state index is 12.1. The molecule has 0 radical (unpaired) electrons. The number of aliphatic hydroxyl groups excluding tert-OH is 12. The molecule has 296 valence electrons. The summed E-state index contributed by atoms with van der Waals surface area (Å²) in [7, 11) is 0. The molecule has 0 aromatic heterocycles. The van der Waals surface area contributed by atoms with Gasteiger partial charge in [0.15, 0.2) is 18.9 Å². The Bertz CT molecular complexity index is 1120. The van der Waals surface area contributed by atoms with Crippen LogP contribution in [0, 0.1) is 0 Å². The highest BCUT2D eigenvalue weighted by atomic mass is 16.7. The molecule has 19 atom stereocenters. The van der Waals surface area contributed by atoms with Crippen molar-refractivity contribution in [3.63, 3.8) is 0 Å². The molecule has 3 aliphatic rings. The molecule has 23 heteroatoms. The summed E-state index contributed by atoms with van der Waals surface area (Å²) in [6.45, 7) is -1.44. The first-order valence-corrected chi connectivity index (χ1v) is 15.8. The monoisotopic (exact) mass is 748 g/mol. The number of hydrogen-bond donors (Lipinski definition) is 14. The number of amides is 2. The number of ether oxygens (including phenoxy) is 6. The lowest BCUT2D eigenvalue weighted by Crippen LogP contribution is -2.67. The van der Waals surface area contributed by atoms with E-state index in [0.29, 0.717) is 0 Å². The molecule has 3 heterocycles. The quantitative estimate of drug-likeness (QED) is 0.0651. The summed E-state index contributed by atoms with van der Waals surface area (Å²) in [5.74, 6) is -1.55. The topological polar surface area (TPSA) is 373 Å². The summed E-state index contributed by atoms with van der Waals surface area (Å²) >= 11 is 0. The fourth-order valence-electron chi connectivity index (χ4n) is 5.75. The minimum Gasteiger partial charge on any atom is -0.394 e.